The molecule has 3 rings (SSSR count). The SMILES string of the molecule is CCOc1ccc(Cc2cc([C@]3(O)O[C@H](O[Si](C)(C)C)[C@@H](O[Si](C)(C)C)[C@H](O[Si](C)(C)C)[C@H]3O[Si](C)(C)C)ccc2Cl)cc1. The van der Waals surface area contributed by atoms with Gasteiger partial charge in [-0.2, -0.15) is 0 Å². The molecule has 12 heteroatoms. The second kappa shape index (κ2) is 14.1. The predicted octanol–water partition coefficient (Wildman–Crippen LogP) is 8.34. The molecule has 1 heterocycles. The van der Waals surface area contributed by atoms with Crippen molar-refractivity contribution in [3.05, 3.63) is 64.2 Å². The van der Waals surface area contributed by atoms with E-state index in [1.807, 2.05) is 49.4 Å². The Bertz CT molecular complexity index is 1240. The van der Waals surface area contributed by atoms with Crippen molar-refractivity contribution in [2.75, 3.05) is 6.61 Å². The van der Waals surface area contributed by atoms with E-state index in [4.69, 9.17) is 38.8 Å². The number of hydrogen-bond acceptors (Lipinski definition) is 7. The summed E-state index contributed by atoms with van der Waals surface area (Å²) in [7, 11) is -8.74. The van der Waals surface area contributed by atoms with Crippen LogP contribution >= 0.6 is 11.6 Å². The van der Waals surface area contributed by atoms with Crippen LogP contribution in [0, 0.1) is 0 Å². The first-order valence-electron chi connectivity index (χ1n) is 15.6. The van der Waals surface area contributed by atoms with Crippen molar-refractivity contribution in [1.82, 2.24) is 0 Å². The van der Waals surface area contributed by atoms with Crippen molar-refractivity contribution in [2.24, 2.45) is 0 Å². The smallest absolute Gasteiger partial charge is 0.223 e. The van der Waals surface area contributed by atoms with Gasteiger partial charge in [0.05, 0.1) is 6.61 Å². The highest BCUT2D eigenvalue weighted by molar-refractivity contribution is 6.71. The third-order valence-electron chi connectivity index (χ3n) is 6.59. The molecule has 1 aliphatic rings. The number of hydrogen-bond donors (Lipinski definition) is 1. The monoisotopic (exact) mass is 698 g/mol. The fraction of sp³-hybridized carbons (Fsp3) is 0.625. The molecular weight excluding hydrogens is 644 g/mol. The van der Waals surface area contributed by atoms with Gasteiger partial charge in [0.2, 0.25) is 5.79 Å². The fourth-order valence-electron chi connectivity index (χ4n) is 5.15. The summed E-state index contributed by atoms with van der Waals surface area (Å²) >= 11 is 6.76. The first kappa shape index (κ1) is 37.6. The molecule has 0 saturated carbocycles. The molecule has 0 amide bonds. The Morgan fingerprint density at radius 2 is 1.25 bits per heavy atom. The summed E-state index contributed by atoms with van der Waals surface area (Å²) in [4.78, 5) is 0. The highest BCUT2D eigenvalue weighted by Gasteiger charge is 2.60. The topological polar surface area (TPSA) is 75.6 Å². The van der Waals surface area contributed by atoms with Crippen LogP contribution in [-0.2, 0) is 34.6 Å². The molecule has 5 atom stereocenters. The Morgan fingerprint density at radius 3 is 1.75 bits per heavy atom. The lowest BCUT2D eigenvalue weighted by Gasteiger charge is -2.54. The van der Waals surface area contributed by atoms with Crippen LogP contribution in [0.2, 0.25) is 83.6 Å². The first-order chi connectivity index (χ1) is 20.0. The van der Waals surface area contributed by atoms with Crippen LogP contribution in [-0.4, -0.2) is 69.6 Å². The van der Waals surface area contributed by atoms with E-state index in [-0.39, 0.29) is 0 Å². The summed E-state index contributed by atoms with van der Waals surface area (Å²) in [5, 5.41) is 13.4. The van der Waals surface area contributed by atoms with E-state index in [9.17, 15) is 5.11 Å². The Labute approximate surface area is 275 Å². The van der Waals surface area contributed by atoms with Crippen molar-refractivity contribution < 1.29 is 32.3 Å². The summed E-state index contributed by atoms with van der Waals surface area (Å²) in [6.45, 7) is 28.1. The molecule has 2 aromatic carbocycles. The van der Waals surface area contributed by atoms with Gasteiger partial charge in [0.1, 0.15) is 24.1 Å². The Hall–Kier alpha value is -0.842. The average molecular weight is 700 g/mol. The van der Waals surface area contributed by atoms with Gasteiger partial charge >= 0.3 is 0 Å². The highest BCUT2D eigenvalue weighted by Crippen LogP contribution is 2.44. The van der Waals surface area contributed by atoms with E-state index < -0.39 is 63.7 Å². The molecule has 0 radical (unpaired) electrons. The second-order valence-corrected chi connectivity index (χ2v) is 33.8. The summed E-state index contributed by atoms with van der Waals surface area (Å²) in [6.07, 6.45) is -2.34. The van der Waals surface area contributed by atoms with E-state index in [1.54, 1.807) is 0 Å². The predicted molar refractivity (Wildman–Crippen MR) is 190 cm³/mol. The lowest BCUT2D eigenvalue weighted by atomic mass is 9.89. The van der Waals surface area contributed by atoms with Gasteiger partial charge in [-0.3, -0.25) is 0 Å². The van der Waals surface area contributed by atoms with Crippen LogP contribution < -0.4 is 4.74 Å². The fourth-order valence-corrected chi connectivity index (χ4v) is 9.41. The number of halogens is 1. The van der Waals surface area contributed by atoms with E-state index in [1.165, 1.54) is 0 Å². The molecule has 0 aliphatic carbocycles. The second-order valence-electron chi connectivity index (χ2n) is 15.5. The average Bonchev–Trinajstić information content (AvgIpc) is 2.83. The summed E-state index contributed by atoms with van der Waals surface area (Å²) in [6, 6.07) is 13.6. The van der Waals surface area contributed by atoms with Gasteiger partial charge in [0.25, 0.3) is 0 Å². The van der Waals surface area contributed by atoms with E-state index in [0.29, 0.717) is 23.6 Å². The van der Waals surface area contributed by atoms with Crippen LogP contribution in [0.15, 0.2) is 42.5 Å². The van der Waals surface area contributed by atoms with E-state index >= 15 is 0 Å². The maximum absolute atomic E-state index is 12.8. The number of aliphatic hydroxyl groups is 1. The van der Waals surface area contributed by atoms with Crippen molar-refractivity contribution in [2.45, 2.75) is 122 Å². The standard InChI is InChI=1S/C32H55ClO7Si4/c1-14-35-26-18-15-23(16-19-26)21-24-22-25(17-20-27(24)33)32(34)30(39-43(8,9)10)28(37-41(2,3)4)29(38-42(5,6)7)31(36-32)40-44(11,12)13/h15-20,22,28-31,34H,14,21H2,1-13H3/t28-,29-,30+,31+,32-/m0/s1. The maximum Gasteiger partial charge on any atom is 0.223 e. The Balaban J connectivity index is 2.19. The number of rotatable bonds is 13. The zero-order valence-corrected chi connectivity index (χ0v) is 33.8. The zero-order chi connectivity index (χ0) is 33.3. The lowest BCUT2D eigenvalue weighted by Crippen LogP contribution is -2.69. The third-order valence-corrected chi connectivity index (χ3v) is 10.8. The summed E-state index contributed by atoms with van der Waals surface area (Å²) in [5.74, 6) is -1.06. The van der Waals surface area contributed by atoms with Crippen molar-refractivity contribution >= 4 is 44.9 Å². The molecule has 0 bridgehead atoms. The Kier molecular flexibility index (Phi) is 12.1. The minimum Gasteiger partial charge on any atom is -0.494 e. The number of benzene rings is 2. The molecule has 2 aromatic rings. The van der Waals surface area contributed by atoms with Gasteiger partial charge in [-0.15, -0.1) is 0 Å². The van der Waals surface area contributed by atoms with Gasteiger partial charge in [-0.05, 0) is 127 Å². The van der Waals surface area contributed by atoms with Crippen molar-refractivity contribution in [3.63, 3.8) is 0 Å². The molecule has 1 aliphatic heterocycles. The zero-order valence-electron chi connectivity index (χ0n) is 29.0. The molecule has 1 fully saturated rings. The van der Waals surface area contributed by atoms with Gasteiger partial charge < -0.3 is 32.3 Å². The van der Waals surface area contributed by atoms with Crippen LogP contribution in [0.1, 0.15) is 23.6 Å². The largest absolute Gasteiger partial charge is 0.494 e. The summed E-state index contributed by atoms with van der Waals surface area (Å²) in [5.41, 5.74) is 2.48. The summed E-state index contributed by atoms with van der Waals surface area (Å²) < 4.78 is 39.6. The maximum atomic E-state index is 12.8. The van der Waals surface area contributed by atoms with Gasteiger partial charge in [-0.1, -0.05) is 29.8 Å². The van der Waals surface area contributed by atoms with E-state index in [0.717, 1.165) is 16.9 Å². The highest BCUT2D eigenvalue weighted by atomic mass is 35.5. The van der Waals surface area contributed by atoms with Gasteiger partial charge in [0, 0.05) is 10.6 Å². The number of ether oxygens (including phenoxy) is 2. The Morgan fingerprint density at radius 1 is 0.727 bits per heavy atom. The van der Waals surface area contributed by atoms with Crippen molar-refractivity contribution in [3.8, 4) is 5.75 Å². The quantitative estimate of drug-likeness (QED) is 0.211. The molecule has 7 nitrogen and oxygen atoms in total. The molecule has 44 heavy (non-hydrogen) atoms. The minimum atomic E-state index is -2.26. The normalized spacial score (nSPS) is 25.2. The van der Waals surface area contributed by atoms with Crippen molar-refractivity contribution in [1.29, 1.82) is 0 Å². The van der Waals surface area contributed by atoms with Gasteiger partial charge in [0.15, 0.2) is 39.6 Å². The van der Waals surface area contributed by atoms with Crippen LogP contribution in [0.5, 0.6) is 5.75 Å². The molecular formula is C32H55ClO7Si4. The first-order valence-corrected chi connectivity index (χ1v) is 29.6. The lowest BCUT2D eigenvalue weighted by molar-refractivity contribution is -0.379. The van der Waals surface area contributed by atoms with E-state index in [2.05, 4.69) is 78.6 Å². The van der Waals surface area contributed by atoms with Gasteiger partial charge in [-0.25, -0.2) is 0 Å². The van der Waals surface area contributed by atoms with Crippen LogP contribution in [0.4, 0.5) is 0 Å². The molecule has 1 saturated heterocycles. The molecule has 0 spiro atoms. The minimum absolute atomic E-state index is 0.547. The molecule has 248 valence electrons. The molecule has 0 aromatic heterocycles. The molecule has 1 N–H and O–H groups in total. The van der Waals surface area contributed by atoms with Crippen LogP contribution in [0.25, 0.3) is 0 Å². The van der Waals surface area contributed by atoms with Crippen LogP contribution in [0.3, 0.4) is 0 Å². The molecule has 0 unspecified atom stereocenters. The third kappa shape index (κ3) is 10.9.